The summed E-state index contributed by atoms with van der Waals surface area (Å²) in [6.07, 6.45) is 1.29. The molecule has 2 aromatic carbocycles. The molecule has 0 atom stereocenters. The second-order valence-electron chi connectivity index (χ2n) is 5.27. The molecule has 0 fully saturated rings. The molecule has 0 radical (unpaired) electrons. The maximum absolute atomic E-state index is 12.1. The van der Waals surface area contributed by atoms with Crippen LogP contribution in [0.1, 0.15) is 22.3 Å². The predicted octanol–water partition coefficient (Wildman–Crippen LogP) is 3.30. The van der Waals surface area contributed by atoms with Crippen LogP contribution in [0.5, 0.6) is 0 Å². The summed E-state index contributed by atoms with van der Waals surface area (Å²) in [4.78, 5) is 16.4. The second-order valence-corrected chi connectivity index (χ2v) is 5.27. The molecule has 0 aliphatic carbocycles. The fourth-order valence-corrected chi connectivity index (χ4v) is 2.40. The maximum atomic E-state index is 12.1. The highest BCUT2D eigenvalue weighted by atomic mass is 35.5. The Kier molecular flexibility index (Phi) is 6.18. The Morgan fingerprint density at radius 3 is 2.48 bits per heavy atom. The molecule has 0 aromatic heterocycles. The van der Waals surface area contributed by atoms with Gasteiger partial charge in [-0.25, -0.2) is 0 Å². The van der Waals surface area contributed by atoms with Crippen LogP contribution in [0.3, 0.4) is 0 Å². The smallest absolute Gasteiger partial charge is 0.195 e. The lowest BCUT2D eigenvalue weighted by Crippen LogP contribution is -2.26. The number of guanidine groups is 1. The van der Waals surface area contributed by atoms with Gasteiger partial charge < -0.3 is 10.6 Å². The molecule has 0 saturated heterocycles. The molecule has 2 N–H and O–H groups in total. The molecule has 0 bridgehead atoms. The average Bonchev–Trinajstić information content (AvgIpc) is 3.08. The van der Waals surface area contributed by atoms with Crippen molar-refractivity contribution in [2.75, 3.05) is 18.4 Å². The number of nitrogens with one attached hydrogen (secondary N) is 2. The first-order chi connectivity index (χ1) is 10.8. The van der Waals surface area contributed by atoms with E-state index in [0.29, 0.717) is 6.42 Å². The lowest BCUT2D eigenvalue weighted by atomic mass is 10.0. The van der Waals surface area contributed by atoms with E-state index in [0.717, 1.165) is 42.3 Å². The van der Waals surface area contributed by atoms with Crippen LogP contribution >= 0.6 is 12.4 Å². The Morgan fingerprint density at radius 2 is 1.83 bits per heavy atom. The Labute approximate surface area is 142 Å². The monoisotopic (exact) mass is 329 g/mol. The molecule has 0 spiro atoms. The van der Waals surface area contributed by atoms with Gasteiger partial charge in [0.05, 0.1) is 6.54 Å². The van der Waals surface area contributed by atoms with Gasteiger partial charge in [-0.05, 0) is 24.1 Å². The molecular formula is C18H20ClN3O. The van der Waals surface area contributed by atoms with Gasteiger partial charge in [-0.2, -0.15) is 0 Å². The number of anilines is 1. The van der Waals surface area contributed by atoms with Crippen molar-refractivity contribution in [2.45, 2.75) is 12.8 Å². The van der Waals surface area contributed by atoms with E-state index in [1.54, 1.807) is 0 Å². The minimum Gasteiger partial charge on any atom is -0.354 e. The van der Waals surface area contributed by atoms with Crippen molar-refractivity contribution in [2.24, 2.45) is 4.99 Å². The molecule has 0 saturated carbocycles. The summed E-state index contributed by atoms with van der Waals surface area (Å²) in [7, 11) is 0. The Balaban J connectivity index is 0.00000192. The second kappa shape index (κ2) is 8.34. The molecule has 0 unspecified atom stereocenters. The highest BCUT2D eigenvalue weighted by Gasteiger charge is 2.07. The number of ketones is 1. The van der Waals surface area contributed by atoms with Crippen LogP contribution < -0.4 is 10.6 Å². The number of benzene rings is 2. The number of aliphatic imine (C=N–C) groups is 1. The van der Waals surface area contributed by atoms with Crippen LogP contribution in [0, 0.1) is 0 Å². The SMILES string of the molecule is Cl.O=C(CCc1ccc(NC2=NCCN2)cc1)c1ccccc1. The van der Waals surface area contributed by atoms with Crippen molar-refractivity contribution >= 4 is 29.8 Å². The maximum Gasteiger partial charge on any atom is 0.195 e. The lowest BCUT2D eigenvalue weighted by molar-refractivity contribution is 0.0983. The van der Waals surface area contributed by atoms with Crippen molar-refractivity contribution in [3.05, 3.63) is 65.7 Å². The summed E-state index contributed by atoms with van der Waals surface area (Å²) in [5.41, 5.74) is 2.95. The zero-order chi connectivity index (χ0) is 15.2. The summed E-state index contributed by atoms with van der Waals surface area (Å²) >= 11 is 0. The van der Waals surface area contributed by atoms with Crippen molar-refractivity contribution in [3.8, 4) is 0 Å². The number of hydrogen-bond donors (Lipinski definition) is 2. The first kappa shape index (κ1) is 17.0. The third-order valence-corrected chi connectivity index (χ3v) is 3.63. The lowest BCUT2D eigenvalue weighted by Gasteiger charge is -2.07. The van der Waals surface area contributed by atoms with Gasteiger partial charge in [0, 0.05) is 24.2 Å². The van der Waals surface area contributed by atoms with Gasteiger partial charge in [-0.3, -0.25) is 9.79 Å². The quantitative estimate of drug-likeness (QED) is 0.828. The van der Waals surface area contributed by atoms with Crippen molar-refractivity contribution < 1.29 is 4.79 Å². The largest absolute Gasteiger partial charge is 0.354 e. The molecule has 1 aliphatic heterocycles. The molecule has 2 aromatic rings. The summed E-state index contributed by atoms with van der Waals surface area (Å²) in [6, 6.07) is 17.6. The first-order valence-corrected chi connectivity index (χ1v) is 7.54. The van der Waals surface area contributed by atoms with Crippen LogP contribution in [-0.2, 0) is 6.42 Å². The first-order valence-electron chi connectivity index (χ1n) is 7.54. The fraction of sp³-hybridized carbons (Fsp3) is 0.222. The summed E-state index contributed by atoms with van der Waals surface area (Å²) in [6.45, 7) is 1.71. The van der Waals surface area contributed by atoms with Crippen LogP contribution in [-0.4, -0.2) is 24.8 Å². The van der Waals surface area contributed by atoms with Gasteiger partial charge in [-0.1, -0.05) is 42.5 Å². The topological polar surface area (TPSA) is 53.5 Å². The number of carbonyl (C=O) groups is 1. The van der Waals surface area contributed by atoms with Crippen molar-refractivity contribution in [1.29, 1.82) is 0 Å². The van der Waals surface area contributed by atoms with E-state index in [4.69, 9.17) is 0 Å². The summed E-state index contributed by atoms with van der Waals surface area (Å²) in [5, 5.41) is 6.40. The van der Waals surface area contributed by atoms with Gasteiger partial charge >= 0.3 is 0 Å². The van der Waals surface area contributed by atoms with Gasteiger partial charge in [0.1, 0.15) is 0 Å². The minimum atomic E-state index is 0. The summed E-state index contributed by atoms with van der Waals surface area (Å²) in [5.74, 6) is 1.01. The van der Waals surface area contributed by atoms with Gasteiger partial charge in [0.15, 0.2) is 11.7 Å². The van der Waals surface area contributed by atoms with Crippen molar-refractivity contribution in [1.82, 2.24) is 5.32 Å². The highest BCUT2D eigenvalue weighted by Crippen LogP contribution is 2.13. The van der Waals surface area contributed by atoms with Crippen LogP contribution in [0.2, 0.25) is 0 Å². The molecule has 1 aliphatic rings. The average molecular weight is 330 g/mol. The Morgan fingerprint density at radius 1 is 1.09 bits per heavy atom. The summed E-state index contributed by atoms with van der Waals surface area (Å²) < 4.78 is 0. The van der Waals surface area contributed by atoms with Crippen LogP contribution in [0.4, 0.5) is 5.69 Å². The normalized spacial score (nSPS) is 12.8. The van der Waals surface area contributed by atoms with Gasteiger partial charge in [-0.15, -0.1) is 12.4 Å². The molecule has 5 heteroatoms. The number of rotatable bonds is 5. The number of aryl methyl sites for hydroxylation is 1. The zero-order valence-electron chi connectivity index (χ0n) is 12.8. The third kappa shape index (κ3) is 4.83. The van der Waals surface area contributed by atoms with E-state index in [2.05, 4.69) is 27.8 Å². The molecule has 4 nitrogen and oxygen atoms in total. The third-order valence-electron chi connectivity index (χ3n) is 3.63. The molecule has 23 heavy (non-hydrogen) atoms. The molecular weight excluding hydrogens is 310 g/mol. The fourth-order valence-electron chi connectivity index (χ4n) is 2.40. The standard InChI is InChI=1S/C18H19N3O.ClH/c22-17(15-4-2-1-3-5-15)11-8-14-6-9-16(10-7-14)21-18-19-12-13-20-18;/h1-7,9-10H,8,11-13H2,(H2,19,20,21);1H. The van der Waals surface area contributed by atoms with E-state index in [9.17, 15) is 4.79 Å². The van der Waals surface area contributed by atoms with E-state index in [1.165, 1.54) is 0 Å². The minimum absolute atomic E-state index is 0. The predicted molar refractivity (Wildman–Crippen MR) is 96.7 cm³/mol. The van der Waals surface area contributed by atoms with Gasteiger partial charge in [0.25, 0.3) is 0 Å². The van der Waals surface area contributed by atoms with E-state index >= 15 is 0 Å². The number of carbonyl (C=O) groups excluding carboxylic acids is 1. The van der Waals surface area contributed by atoms with E-state index in [1.807, 2.05) is 42.5 Å². The molecule has 120 valence electrons. The Hall–Kier alpha value is -2.33. The zero-order valence-corrected chi connectivity index (χ0v) is 13.6. The van der Waals surface area contributed by atoms with E-state index in [-0.39, 0.29) is 18.2 Å². The van der Waals surface area contributed by atoms with Gasteiger partial charge in [0.2, 0.25) is 0 Å². The number of nitrogens with zero attached hydrogens (tertiary/aromatic N) is 1. The van der Waals surface area contributed by atoms with E-state index < -0.39 is 0 Å². The van der Waals surface area contributed by atoms with Crippen molar-refractivity contribution in [3.63, 3.8) is 0 Å². The van der Waals surface area contributed by atoms with Crippen LogP contribution in [0.25, 0.3) is 0 Å². The molecule has 1 heterocycles. The molecule has 0 amide bonds. The highest BCUT2D eigenvalue weighted by molar-refractivity contribution is 5.96. The number of halogens is 1. The Bertz CT molecular complexity index is 668. The molecule has 3 rings (SSSR count). The number of hydrogen-bond acceptors (Lipinski definition) is 4. The number of Topliss-reactive ketones (excluding diaryl/α,β-unsaturated/α-hetero) is 1. The van der Waals surface area contributed by atoms with Crippen LogP contribution in [0.15, 0.2) is 59.6 Å².